The van der Waals surface area contributed by atoms with Crippen LogP contribution >= 0.6 is 11.6 Å². The van der Waals surface area contributed by atoms with E-state index in [0.717, 1.165) is 4.90 Å². The number of carbonyl (C=O) groups is 2. The third-order valence-corrected chi connectivity index (χ3v) is 3.47. The molecule has 2 aromatic carbocycles. The summed E-state index contributed by atoms with van der Waals surface area (Å²) in [4.78, 5) is 24.7. The number of hydrogen-bond acceptors (Lipinski definition) is 4. The lowest BCUT2D eigenvalue weighted by Gasteiger charge is -2.13. The SMILES string of the molecule is O=C1OCCN1C(=O)c1ccc(Oc2ccccc2)cc1Cl. The number of benzene rings is 2. The van der Waals surface area contributed by atoms with E-state index in [1.54, 1.807) is 12.1 Å². The Balaban J connectivity index is 1.80. The molecule has 0 aliphatic carbocycles. The summed E-state index contributed by atoms with van der Waals surface area (Å²) in [5.41, 5.74) is 0.237. The highest BCUT2D eigenvalue weighted by atomic mass is 35.5. The fourth-order valence-electron chi connectivity index (χ4n) is 2.08. The molecule has 0 bridgehead atoms. The van der Waals surface area contributed by atoms with Crippen LogP contribution in [0, 0.1) is 0 Å². The van der Waals surface area contributed by atoms with E-state index in [1.807, 2.05) is 30.3 Å². The van der Waals surface area contributed by atoms with E-state index in [9.17, 15) is 9.59 Å². The van der Waals surface area contributed by atoms with Gasteiger partial charge in [0.2, 0.25) is 0 Å². The second-order valence-corrected chi connectivity index (χ2v) is 5.04. The van der Waals surface area contributed by atoms with Gasteiger partial charge in [0.15, 0.2) is 0 Å². The normalized spacial score (nSPS) is 13.9. The molecule has 5 nitrogen and oxygen atoms in total. The van der Waals surface area contributed by atoms with Crippen LogP contribution in [0.4, 0.5) is 4.79 Å². The molecule has 2 aromatic rings. The maximum absolute atomic E-state index is 12.2. The van der Waals surface area contributed by atoms with E-state index >= 15 is 0 Å². The molecular formula is C16H12ClNO4. The van der Waals surface area contributed by atoms with Crippen LogP contribution in [-0.4, -0.2) is 30.1 Å². The van der Waals surface area contributed by atoms with E-state index in [4.69, 9.17) is 21.1 Å². The van der Waals surface area contributed by atoms with Gasteiger partial charge in [-0.25, -0.2) is 9.69 Å². The Labute approximate surface area is 132 Å². The molecule has 0 unspecified atom stereocenters. The summed E-state index contributed by atoms with van der Waals surface area (Å²) >= 11 is 6.14. The van der Waals surface area contributed by atoms with Crippen LogP contribution in [0.3, 0.4) is 0 Å². The highest BCUT2D eigenvalue weighted by molar-refractivity contribution is 6.34. The number of amides is 2. The summed E-state index contributed by atoms with van der Waals surface area (Å²) in [6, 6.07) is 13.9. The van der Waals surface area contributed by atoms with Crippen LogP contribution in [0.5, 0.6) is 11.5 Å². The second-order valence-electron chi connectivity index (χ2n) is 4.63. The van der Waals surface area contributed by atoms with Crippen molar-refractivity contribution < 1.29 is 19.1 Å². The van der Waals surface area contributed by atoms with Gasteiger partial charge in [0, 0.05) is 6.07 Å². The van der Waals surface area contributed by atoms with Crippen molar-refractivity contribution in [2.45, 2.75) is 0 Å². The average Bonchev–Trinajstić information content (AvgIpc) is 2.94. The highest BCUT2D eigenvalue weighted by Gasteiger charge is 2.30. The zero-order valence-corrected chi connectivity index (χ0v) is 12.2. The molecule has 1 aliphatic rings. The topological polar surface area (TPSA) is 55.8 Å². The van der Waals surface area contributed by atoms with Crippen molar-refractivity contribution in [3.63, 3.8) is 0 Å². The molecule has 3 rings (SSSR count). The van der Waals surface area contributed by atoms with Crippen molar-refractivity contribution in [2.75, 3.05) is 13.2 Å². The molecule has 0 N–H and O–H groups in total. The molecule has 2 amide bonds. The maximum atomic E-state index is 12.2. The largest absolute Gasteiger partial charge is 0.457 e. The van der Waals surface area contributed by atoms with E-state index < -0.39 is 12.0 Å². The summed E-state index contributed by atoms with van der Waals surface area (Å²) in [5, 5.41) is 0.220. The van der Waals surface area contributed by atoms with Gasteiger partial charge in [-0.05, 0) is 24.3 Å². The molecule has 112 valence electrons. The number of hydrogen-bond donors (Lipinski definition) is 0. The Morgan fingerprint density at radius 2 is 1.91 bits per heavy atom. The van der Waals surface area contributed by atoms with Crippen LogP contribution < -0.4 is 4.74 Å². The van der Waals surface area contributed by atoms with Gasteiger partial charge in [0.1, 0.15) is 18.1 Å². The zero-order valence-electron chi connectivity index (χ0n) is 11.5. The molecule has 22 heavy (non-hydrogen) atoms. The molecule has 1 aliphatic heterocycles. The Morgan fingerprint density at radius 1 is 1.14 bits per heavy atom. The first-order chi connectivity index (χ1) is 10.6. The highest BCUT2D eigenvalue weighted by Crippen LogP contribution is 2.28. The quantitative estimate of drug-likeness (QED) is 0.865. The number of rotatable bonds is 3. The Kier molecular flexibility index (Phi) is 3.98. The molecular weight excluding hydrogens is 306 g/mol. The zero-order chi connectivity index (χ0) is 15.5. The summed E-state index contributed by atoms with van der Waals surface area (Å²) in [5.74, 6) is 0.705. The number of halogens is 1. The van der Waals surface area contributed by atoms with Gasteiger partial charge in [-0.3, -0.25) is 4.79 Å². The first-order valence-electron chi connectivity index (χ1n) is 6.66. The van der Waals surface area contributed by atoms with Crippen LogP contribution in [0.1, 0.15) is 10.4 Å². The van der Waals surface area contributed by atoms with E-state index in [0.29, 0.717) is 11.5 Å². The van der Waals surface area contributed by atoms with Gasteiger partial charge in [0.25, 0.3) is 5.91 Å². The molecule has 0 saturated carbocycles. The number of carbonyl (C=O) groups excluding carboxylic acids is 2. The summed E-state index contributed by atoms with van der Waals surface area (Å²) in [7, 11) is 0. The van der Waals surface area contributed by atoms with Gasteiger partial charge in [-0.15, -0.1) is 0 Å². The van der Waals surface area contributed by atoms with E-state index in [-0.39, 0.29) is 23.7 Å². The predicted octanol–water partition coefficient (Wildman–Crippen LogP) is 3.72. The molecule has 1 fully saturated rings. The smallest absolute Gasteiger partial charge is 0.416 e. The number of para-hydroxylation sites is 1. The fraction of sp³-hybridized carbons (Fsp3) is 0.125. The molecule has 0 radical (unpaired) electrons. The average molecular weight is 318 g/mol. The monoisotopic (exact) mass is 317 g/mol. The van der Waals surface area contributed by atoms with E-state index in [2.05, 4.69) is 0 Å². The first kappa shape index (κ1) is 14.4. The van der Waals surface area contributed by atoms with Gasteiger partial charge in [0.05, 0.1) is 17.1 Å². The second kappa shape index (κ2) is 6.07. The standard InChI is InChI=1S/C16H12ClNO4/c17-14-10-12(22-11-4-2-1-3-5-11)6-7-13(14)15(19)18-8-9-21-16(18)20/h1-7,10H,8-9H2. The third kappa shape index (κ3) is 2.89. The van der Waals surface area contributed by atoms with Crippen LogP contribution in [0.2, 0.25) is 5.02 Å². The third-order valence-electron chi connectivity index (χ3n) is 3.16. The molecule has 0 spiro atoms. The van der Waals surface area contributed by atoms with Crippen LogP contribution in [0.15, 0.2) is 48.5 Å². The van der Waals surface area contributed by atoms with Crippen LogP contribution in [0.25, 0.3) is 0 Å². The lowest BCUT2D eigenvalue weighted by atomic mass is 10.2. The fourth-order valence-corrected chi connectivity index (χ4v) is 2.33. The van der Waals surface area contributed by atoms with Crippen LogP contribution in [-0.2, 0) is 4.74 Å². The number of imide groups is 1. The first-order valence-corrected chi connectivity index (χ1v) is 7.04. The molecule has 0 aromatic heterocycles. The van der Waals surface area contributed by atoms with Gasteiger partial charge < -0.3 is 9.47 Å². The van der Waals surface area contributed by atoms with E-state index in [1.165, 1.54) is 6.07 Å². The predicted molar refractivity (Wildman–Crippen MR) is 80.4 cm³/mol. The Hall–Kier alpha value is -2.53. The minimum Gasteiger partial charge on any atom is -0.457 e. The lowest BCUT2D eigenvalue weighted by Crippen LogP contribution is -2.31. The maximum Gasteiger partial charge on any atom is 0.416 e. The number of ether oxygens (including phenoxy) is 2. The van der Waals surface area contributed by atoms with Crippen molar-refractivity contribution in [2.24, 2.45) is 0 Å². The summed E-state index contributed by atoms with van der Waals surface area (Å²) in [6.45, 7) is 0.438. The molecule has 0 atom stereocenters. The van der Waals surface area contributed by atoms with Gasteiger partial charge in [-0.1, -0.05) is 29.8 Å². The lowest BCUT2D eigenvalue weighted by molar-refractivity contribution is 0.0810. The van der Waals surface area contributed by atoms with Gasteiger partial charge in [-0.2, -0.15) is 0 Å². The minimum atomic E-state index is -0.648. The Bertz CT molecular complexity index is 717. The van der Waals surface area contributed by atoms with Gasteiger partial charge >= 0.3 is 6.09 Å². The van der Waals surface area contributed by atoms with Crippen molar-refractivity contribution in [1.82, 2.24) is 4.90 Å². The molecule has 6 heteroatoms. The molecule has 1 saturated heterocycles. The van der Waals surface area contributed by atoms with Crippen molar-refractivity contribution in [3.8, 4) is 11.5 Å². The number of cyclic esters (lactones) is 1. The Morgan fingerprint density at radius 3 is 2.55 bits per heavy atom. The van der Waals surface area contributed by atoms with Crippen molar-refractivity contribution in [1.29, 1.82) is 0 Å². The summed E-state index contributed by atoms with van der Waals surface area (Å²) in [6.07, 6.45) is -0.648. The minimum absolute atomic E-state index is 0.206. The van der Waals surface area contributed by atoms with Crippen molar-refractivity contribution >= 4 is 23.6 Å². The number of nitrogens with zero attached hydrogens (tertiary/aromatic N) is 1. The molecule has 1 heterocycles. The van der Waals surface area contributed by atoms with Crippen molar-refractivity contribution in [3.05, 3.63) is 59.1 Å². The summed E-state index contributed by atoms with van der Waals surface area (Å²) < 4.78 is 10.4.